The molecule has 82 valence electrons. The lowest BCUT2D eigenvalue weighted by Crippen LogP contribution is -2.13. The van der Waals surface area contributed by atoms with E-state index in [2.05, 4.69) is 4.98 Å². The molecule has 3 nitrogen and oxygen atoms in total. The summed E-state index contributed by atoms with van der Waals surface area (Å²) in [5.41, 5.74) is 0.428. The molecule has 0 aromatic carbocycles. The Morgan fingerprint density at radius 2 is 2.20 bits per heavy atom. The molecule has 1 heterocycles. The van der Waals surface area contributed by atoms with E-state index in [1.165, 1.54) is 0 Å². The van der Waals surface area contributed by atoms with Crippen LogP contribution in [0.4, 0.5) is 0 Å². The zero-order valence-electron chi connectivity index (χ0n) is 9.23. The summed E-state index contributed by atoms with van der Waals surface area (Å²) in [4.78, 5) is 4.36. The van der Waals surface area contributed by atoms with E-state index in [-0.39, 0.29) is 6.10 Å². The van der Waals surface area contributed by atoms with Gasteiger partial charge in [-0.1, -0.05) is 6.07 Å². The van der Waals surface area contributed by atoms with E-state index in [0.717, 1.165) is 18.5 Å². The van der Waals surface area contributed by atoms with E-state index in [0.29, 0.717) is 12.3 Å². The molecular formula is C12H17NO2. The Morgan fingerprint density at radius 3 is 2.80 bits per heavy atom. The quantitative estimate of drug-likeness (QED) is 0.820. The molecule has 3 heteroatoms. The number of hydrogen-bond acceptors (Lipinski definition) is 3. The van der Waals surface area contributed by atoms with Gasteiger partial charge in [-0.05, 0) is 32.8 Å². The maximum atomic E-state index is 9.77. The van der Waals surface area contributed by atoms with Crippen molar-refractivity contribution in [1.82, 2.24) is 4.98 Å². The van der Waals surface area contributed by atoms with Crippen molar-refractivity contribution in [3.8, 4) is 5.88 Å². The van der Waals surface area contributed by atoms with E-state index in [9.17, 15) is 5.11 Å². The third-order valence-corrected chi connectivity index (χ3v) is 2.47. The lowest BCUT2D eigenvalue weighted by atomic mass is 10.1. The van der Waals surface area contributed by atoms with Crippen molar-refractivity contribution in [2.75, 3.05) is 0 Å². The van der Waals surface area contributed by atoms with Crippen LogP contribution >= 0.6 is 0 Å². The van der Waals surface area contributed by atoms with Gasteiger partial charge in [-0.3, -0.25) is 0 Å². The van der Waals surface area contributed by atoms with E-state index in [4.69, 9.17) is 4.74 Å². The van der Waals surface area contributed by atoms with Crippen LogP contribution in [0.5, 0.6) is 5.88 Å². The second-order valence-corrected chi connectivity index (χ2v) is 4.53. The van der Waals surface area contributed by atoms with Gasteiger partial charge in [0.2, 0.25) is 5.88 Å². The fraction of sp³-hybridized carbons (Fsp3) is 0.583. The first kappa shape index (κ1) is 10.4. The van der Waals surface area contributed by atoms with Gasteiger partial charge in [0.1, 0.15) is 0 Å². The number of aromatic nitrogens is 1. The molecule has 1 aromatic heterocycles. The number of nitrogens with zero attached hydrogens (tertiary/aromatic N) is 1. The molecular weight excluding hydrogens is 190 g/mol. The van der Waals surface area contributed by atoms with Crippen molar-refractivity contribution in [2.45, 2.75) is 44.8 Å². The average molecular weight is 207 g/mol. The van der Waals surface area contributed by atoms with Crippen LogP contribution in [-0.2, 0) is 6.42 Å². The van der Waals surface area contributed by atoms with Gasteiger partial charge in [0, 0.05) is 18.2 Å². The number of aliphatic hydroxyl groups is 1. The van der Waals surface area contributed by atoms with Gasteiger partial charge in [-0.25, -0.2) is 4.98 Å². The van der Waals surface area contributed by atoms with Gasteiger partial charge in [0.05, 0.1) is 11.7 Å². The van der Waals surface area contributed by atoms with Crippen molar-refractivity contribution >= 4 is 0 Å². The molecule has 1 aromatic rings. The Labute approximate surface area is 90.1 Å². The normalized spacial score (nSPS) is 17.9. The van der Waals surface area contributed by atoms with Gasteiger partial charge in [-0.2, -0.15) is 0 Å². The van der Waals surface area contributed by atoms with Crippen LogP contribution in [0.25, 0.3) is 0 Å². The Morgan fingerprint density at radius 1 is 1.47 bits per heavy atom. The van der Waals surface area contributed by atoms with Gasteiger partial charge in [0.15, 0.2) is 0 Å². The number of rotatable bonds is 4. The molecule has 1 saturated carbocycles. The maximum Gasteiger partial charge on any atom is 0.213 e. The summed E-state index contributed by atoms with van der Waals surface area (Å²) in [5, 5.41) is 9.77. The van der Waals surface area contributed by atoms with Crippen LogP contribution in [0.2, 0.25) is 0 Å². The second-order valence-electron chi connectivity index (χ2n) is 4.53. The van der Waals surface area contributed by atoms with E-state index >= 15 is 0 Å². The summed E-state index contributed by atoms with van der Waals surface area (Å²) in [6.45, 7) is 3.95. The second kappa shape index (κ2) is 3.81. The standard InChI is InChI=1S/C12H17NO2/c1-9(2)15-11-5-3-4-10(13-11)8-12(14)6-7-12/h3-5,9,14H,6-8H2,1-2H3. The Balaban J connectivity index is 2.05. The predicted molar refractivity (Wildman–Crippen MR) is 57.9 cm³/mol. The van der Waals surface area contributed by atoms with Crippen molar-refractivity contribution in [3.05, 3.63) is 23.9 Å². The Kier molecular flexibility index (Phi) is 2.65. The fourth-order valence-corrected chi connectivity index (χ4v) is 1.52. The minimum Gasteiger partial charge on any atom is -0.475 e. The van der Waals surface area contributed by atoms with E-state index < -0.39 is 5.60 Å². The summed E-state index contributed by atoms with van der Waals surface area (Å²) < 4.78 is 5.50. The summed E-state index contributed by atoms with van der Waals surface area (Å²) in [5.74, 6) is 0.645. The first-order valence-corrected chi connectivity index (χ1v) is 5.42. The number of hydrogen-bond donors (Lipinski definition) is 1. The van der Waals surface area contributed by atoms with Crippen LogP contribution < -0.4 is 4.74 Å². The first-order chi connectivity index (χ1) is 7.07. The molecule has 0 amide bonds. The minimum absolute atomic E-state index is 0.136. The largest absolute Gasteiger partial charge is 0.475 e. The summed E-state index contributed by atoms with van der Waals surface area (Å²) in [6.07, 6.45) is 2.56. The van der Waals surface area contributed by atoms with Gasteiger partial charge >= 0.3 is 0 Å². The summed E-state index contributed by atoms with van der Waals surface area (Å²) >= 11 is 0. The summed E-state index contributed by atoms with van der Waals surface area (Å²) in [7, 11) is 0. The molecule has 0 spiro atoms. The van der Waals surface area contributed by atoms with Crippen LogP contribution in [-0.4, -0.2) is 21.8 Å². The van der Waals surface area contributed by atoms with E-state index in [1.54, 1.807) is 0 Å². The zero-order chi connectivity index (χ0) is 10.9. The summed E-state index contributed by atoms with van der Waals surface area (Å²) in [6, 6.07) is 5.70. The van der Waals surface area contributed by atoms with Crippen molar-refractivity contribution in [1.29, 1.82) is 0 Å². The average Bonchev–Trinajstić information content (AvgIpc) is 2.82. The molecule has 1 aliphatic carbocycles. The van der Waals surface area contributed by atoms with Gasteiger partial charge in [-0.15, -0.1) is 0 Å². The van der Waals surface area contributed by atoms with Crippen LogP contribution in [0, 0.1) is 0 Å². The molecule has 1 aliphatic rings. The highest BCUT2D eigenvalue weighted by atomic mass is 16.5. The highest BCUT2D eigenvalue weighted by Crippen LogP contribution is 2.37. The van der Waals surface area contributed by atoms with Crippen molar-refractivity contribution in [2.24, 2.45) is 0 Å². The Hall–Kier alpha value is -1.09. The lowest BCUT2D eigenvalue weighted by Gasteiger charge is -2.11. The Bertz CT molecular complexity index is 345. The third kappa shape index (κ3) is 2.93. The van der Waals surface area contributed by atoms with Crippen LogP contribution in [0.15, 0.2) is 18.2 Å². The molecule has 1 fully saturated rings. The predicted octanol–water partition coefficient (Wildman–Crippen LogP) is 1.94. The first-order valence-electron chi connectivity index (χ1n) is 5.42. The monoisotopic (exact) mass is 207 g/mol. The minimum atomic E-state index is -0.483. The van der Waals surface area contributed by atoms with Gasteiger partial charge < -0.3 is 9.84 Å². The van der Waals surface area contributed by atoms with E-state index in [1.807, 2.05) is 32.0 Å². The van der Waals surface area contributed by atoms with Crippen LogP contribution in [0.1, 0.15) is 32.4 Å². The number of pyridine rings is 1. The molecule has 15 heavy (non-hydrogen) atoms. The highest BCUT2D eigenvalue weighted by molar-refractivity contribution is 5.18. The topological polar surface area (TPSA) is 42.4 Å². The lowest BCUT2D eigenvalue weighted by molar-refractivity contribution is 0.149. The van der Waals surface area contributed by atoms with Crippen LogP contribution in [0.3, 0.4) is 0 Å². The number of ether oxygens (including phenoxy) is 1. The third-order valence-electron chi connectivity index (χ3n) is 2.47. The molecule has 0 atom stereocenters. The maximum absolute atomic E-state index is 9.77. The molecule has 0 unspecified atom stereocenters. The molecule has 0 saturated heterocycles. The molecule has 0 aliphatic heterocycles. The molecule has 0 bridgehead atoms. The van der Waals surface area contributed by atoms with Crippen molar-refractivity contribution in [3.63, 3.8) is 0 Å². The zero-order valence-corrected chi connectivity index (χ0v) is 9.23. The smallest absolute Gasteiger partial charge is 0.213 e. The van der Waals surface area contributed by atoms with Gasteiger partial charge in [0.25, 0.3) is 0 Å². The molecule has 1 N–H and O–H groups in total. The van der Waals surface area contributed by atoms with Crippen molar-refractivity contribution < 1.29 is 9.84 Å². The molecule has 2 rings (SSSR count). The molecule has 0 radical (unpaired) electrons. The SMILES string of the molecule is CC(C)Oc1cccc(CC2(O)CC2)n1. The fourth-order valence-electron chi connectivity index (χ4n) is 1.52. The highest BCUT2D eigenvalue weighted by Gasteiger charge is 2.40.